The van der Waals surface area contributed by atoms with Crippen LogP contribution in [0.4, 0.5) is 0 Å². The Hall–Kier alpha value is -2.19. The number of ether oxygens (including phenoxy) is 1. The van der Waals surface area contributed by atoms with Crippen molar-refractivity contribution in [3.8, 4) is 0 Å². The lowest BCUT2D eigenvalue weighted by atomic mass is 10.1. The van der Waals surface area contributed by atoms with E-state index >= 15 is 0 Å². The van der Waals surface area contributed by atoms with Gasteiger partial charge in [0.15, 0.2) is 4.34 Å². The maximum Gasteiger partial charge on any atom is 0.322 e. The number of aromatic nitrogens is 1. The fraction of sp³-hybridized carbons (Fsp3) is 0.429. The zero-order valence-corrected chi connectivity index (χ0v) is 19.0. The number of carbonyl (C=O) groups excluding carboxylic acids is 3. The summed E-state index contributed by atoms with van der Waals surface area (Å²) in [5, 5.41) is 0. The van der Waals surface area contributed by atoms with Crippen LogP contribution in [0.25, 0.3) is 0 Å². The third-order valence-corrected chi connectivity index (χ3v) is 6.67. The fourth-order valence-electron chi connectivity index (χ4n) is 2.78. The van der Waals surface area contributed by atoms with Gasteiger partial charge in [-0.2, -0.15) is 0 Å². The number of thiazole rings is 1. The predicted molar refractivity (Wildman–Crippen MR) is 113 cm³/mol. The van der Waals surface area contributed by atoms with Crippen LogP contribution in [0.1, 0.15) is 65.9 Å². The first-order chi connectivity index (χ1) is 13.4. The number of hydrogen-bond acceptors (Lipinski definition) is 7. The summed E-state index contributed by atoms with van der Waals surface area (Å²) in [6.45, 7) is 11.1. The van der Waals surface area contributed by atoms with E-state index in [1.165, 1.54) is 28.0 Å². The number of benzene rings is 1. The van der Waals surface area contributed by atoms with E-state index in [1.807, 2.05) is 27.7 Å². The molecule has 154 valence electrons. The number of rotatable bonds is 5. The van der Waals surface area contributed by atoms with Gasteiger partial charge < -0.3 is 4.74 Å². The second-order valence-corrected chi connectivity index (χ2v) is 11.3. The first-order valence-corrected chi connectivity index (χ1v) is 10.9. The molecule has 1 aromatic carbocycles. The average molecular weight is 433 g/mol. The number of nitrogens with zero attached hydrogens (tertiary/aromatic N) is 2. The highest BCUT2D eigenvalue weighted by molar-refractivity contribution is 8.03. The Morgan fingerprint density at radius 2 is 1.66 bits per heavy atom. The molecule has 0 bridgehead atoms. The normalized spacial score (nSPS) is 14.3. The Morgan fingerprint density at radius 1 is 1.10 bits per heavy atom. The predicted octanol–water partition coefficient (Wildman–Crippen LogP) is 4.46. The van der Waals surface area contributed by atoms with E-state index < -0.39 is 10.3 Å². The Morgan fingerprint density at radius 3 is 2.17 bits per heavy atom. The van der Waals surface area contributed by atoms with Gasteiger partial charge in [0.25, 0.3) is 11.8 Å². The molecule has 0 fully saturated rings. The maximum atomic E-state index is 12.6. The van der Waals surface area contributed by atoms with Crippen LogP contribution in [0.5, 0.6) is 0 Å². The second kappa shape index (κ2) is 7.57. The van der Waals surface area contributed by atoms with Gasteiger partial charge in [-0.3, -0.25) is 19.3 Å². The monoisotopic (exact) mass is 432 g/mol. The van der Waals surface area contributed by atoms with Crippen LogP contribution in [0.15, 0.2) is 28.6 Å². The molecule has 0 saturated carbocycles. The summed E-state index contributed by atoms with van der Waals surface area (Å²) in [6, 6.07) is 6.83. The van der Waals surface area contributed by atoms with Gasteiger partial charge in [0.2, 0.25) is 0 Å². The lowest BCUT2D eigenvalue weighted by Gasteiger charge is -2.27. The van der Waals surface area contributed by atoms with Crippen molar-refractivity contribution in [1.82, 2.24) is 9.88 Å². The highest BCUT2D eigenvalue weighted by atomic mass is 32.2. The molecular weight excluding hydrogens is 408 g/mol. The van der Waals surface area contributed by atoms with Crippen molar-refractivity contribution in [2.45, 2.75) is 62.8 Å². The van der Waals surface area contributed by atoms with Gasteiger partial charge >= 0.3 is 5.97 Å². The third-order valence-electron chi connectivity index (χ3n) is 4.29. The summed E-state index contributed by atoms with van der Waals surface area (Å²) >= 11 is 2.71. The largest absolute Gasteiger partial charge is 0.459 e. The molecule has 0 saturated heterocycles. The van der Waals surface area contributed by atoms with Crippen molar-refractivity contribution in [3.05, 3.63) is 46.0 Å². The molecule has 2 aromatic rings. The second-order valence-electron chi connectivity index (χ2n) is 8.34. The molecule has 1 aromatic heterocycles. The molecule has 0 N–H and O–H groups in total. The van der Waals surface area contributed by atoms with E-state index in [2.05, 4.69) is 4.98 Å². The van der Waals surface area contributed by atoms with Crippen molar-refractivity contribution in [2.24, 2.45) is 0 Å². The first kappa shape index (κ1) is 21.5. The van der Waals surface area contributed by atoms with Gasteiger partial charge in [-0.1, -0.05) is 23.9 Å². The molecule has 1 aliphatic heterocycles. The molecule has 2 heterocycles. The first-order valence-electron chi connectivity index (χ1n) is 9.23. The van der Waals surface area contributed by atoms with Crippen LogP contribution in [0, 0.1) is 6.92 Å². The van der Waals surface area contributed by atoms with Gasteiger partial charge in [0.1, 0.15) is 10.3 Å². The van der Waals surface area contributed by atoms with Crippen molar-refractivity contribution in [2.75, 3.05) is 0 Å². The van der Waals surface area contributed by atoms with Crippen molar-refractivity contribution in [1.29, 1.82) is 0 Å². The molecular formula is C21H24N2O4S2. The molecule has 0 atom stereocenters. The lowest BCUT2D eigenvalue weighted by Crippen LogP contribution is -2.36. The quantitative estimate of drug-likeness (QED) is 0.394. The van der Waals surface area contributed by atoms with Crippen molar-refractivity contribution in [3.63, 3.8) is 0 Å². The zero-order chi connectivity index (χ0) is 21.6. The molecule has 0 spiro atoms. The number of amides is 2. The van der Waals surface area contributed by atoms with Crippen LogP contribution in [0.3, 0.4) is 0 Å². The summed E-state index contributed by atoms with van der Waals surface area (Å²) in [7, 11) is 0. The minimum absolute atomic E-state index is 0.170. The topological polar surface area (TPSA) is 76.6 Å². The lowest BCUT2D eigenvalue weighted by molar-refractivity contribution is -0.156. The smallest absolute Gasteiger partial charge is 0.322 e. The molecule has 0 aliphatic carbocycles. The van der Waals surface area contributed by atoms with Gasteiger partial charge in [-0.15, -0.1) is 11.3 Å². The summed E-state index contributed by atoms with van der Waals surface area (Å²) in [6.07, 6.45) is 0. The van der Waals surface area contributed by atoms with E-state index in [1.54, 1.807) is 38.1 Å². The molecule has 6 nitrogen and oxygen atoms in total. The molecule has 3 rings (SSSR count). The number of carbonyl (C=O) groups is 3. The van der Waals surface area contributed by atoms with E-state index in [-0.39, 0.29) is 24.3 Å². The standard InChI is InChI=1S/C21H24N2O4S2/c1-12-15(11-23-16(24)13-9-7-8-10-14(13)17(23)25)28-19(22-12)29-21(5,6)18(26)27-20(2,3)4/h7-10H,11H2,1-6H3. The minimum atomic E-state index is -0.815. The van der Waals surface area contributed by atoms with Crippen molar-refractivity contribution >= 4 is 40.9 Å². The molecule has 2 amide bonds. The molecule has 29 heavy (non-hydrogen) atoms. The zero-order valence-electron chi connectivity index (χ0n) is 17.4. The van der Waals surface area contributed by atoms with Crippen LogP contribution in [-0.4, -0.2) is 38.0 Å². The fourth-order valence-corrected chi connectivity index (χ4v) is 5.40. The Kier molecular flexibility index (Phi) is 5.62. The van der Waals surface area contributed by atoms with Gasteiger partial charge in [-0.05, 0) is 53.7 Å². The summed E-state index contributed by atoms with van der Waals surface area (Å²) in [5.74, 6) is -0.895. The SMILES string of the molecule is Cc1nc(SC(C)(C)C(=O)OC(C)(C)C)sc1CN1C(=O)c2ccccc2C1=O. The van der Waals surface area contributed by atoms with Gasteiger partial charge in [-0.25, -0.2) is 4.98 Å². The minimum Gasteiger partial charge on any atom is -0.459 e. The number of fused-ring (bicyclic) bond motifs is 1. The number of aryl methyl sites for hydroxylation is 1. The van der Waals surface area contributed by atoms with E-state index in [9.17, 15) is 14.4 Å². The molecule has 1 aliphatic rings. The summed E-state index contributed by atoms with van der Waals surface area (Å²) < 4.78 is 5.39. The van der Waals surface area contributed by atoms with E-state index in [4.69, 9.17) is 4.74 Å². The van der Waals surface area contributed by atoms with Crippen LogP contribution < -0.4 is 0 Å². The van der Waals surface area contributed by atoms with E-state index in [0.29, 0.717) is 15.5 Å². The Labute approximate surface area is 178 Å². The average Bonchev–Trinajstić information content (AvgIpc) is 3.06. The number of imide groups is 1. The van der Waals surface area contributed by atoms with Gasteiger partial charge in [0, 0.05) is 4.88 Å². The molecule has 8 heteroatoms. The number of hydrogen-bond donors (Lipinski definition) is 0. The van der Waals surface area contributed by atoms with Gasteiger partial charge in [0.05, 0.1) is 23.4 Å². The maximum absolute atomic E-state index is 12.6. The van der Waals surface area contributed by atoms with E-state index in [0.717, 1.165) is 10.6 Å². The number of esters is 1. The van der Waals surface area contributed by atoms with Crippen LogP contribution >= 0.6 is 23.1 Å². The highest BCUT2D eigenvalue weighted by Gasteiger charge is 2.37. The summed E-state index contributed by atoms with van der Waals surface area (Å²) in [5.41, 5.74) is 1.04. The summed E-state index contributed by atoms with van der Waals surface area (Å²) in [4.78, 5) is 44.3. The molecule has 0 radical (unpaired) electrons. The van der Waals surface area contributed by atoms with Crippen molar-refractivity contribution < 1.29 is 19.1 Å². The third kappa shape index (κ3) is 4.53. The Bertz CT molecular complexity index is 954. The van der Waals surface area contributed by atoms with Crippen LogP contribution in [-0.2, 0) is 16.1 Å². The Balaban J connectivity index is 1.75. The molecule has 0 unspecified atom stereocenters. The number of thioether (sulfide) groups is 1. The highest BCUT2D eigenvalue weighted by Crippen LogP contribution is 2.38. The van der Waals surface area contributed by atoms with Crippen LogP contribution in [0.2, 0.25) is 0 Å².